The first-order valence-corrected chi connectivity index (χ1v) is 7.86. The Hall–Kier alpha value is -3.87. The molecule has 136 valence electrons. The molecule has 0 saturated heterocycles. The monoisotopic (exact) mass is 363 g/mol. The molecule has 1 aromatic heterocycles. The van der Waals surface area contributed by atoms with Gasteiger partial charge in [-0.1, -0.05) is 23.9 Å². The van der Waals surface area contributed by atoms with E-state index in [-0.39, 0.29) is 11.3 Å². The summed E-state index contributed by atoms with van der Waals surface area (Å²) in [5, 5.41) is 31.5. The van der Waals surface area contributed by atoms with Gasteiger partial charge in [-0.05, 0) is 48.4 Å². The zero-order valence-electron chi connectivity index (χ0n) is 14.1. The number of hydrogen-bond donors (Lipinski definition) is 1. The van der Waals surface area contributed by atoms with Crippen LogP contribution >= 0.6 is 0 Å². The van der Waals surface area contributed by atoms with Gasteiger partial charge in [0.2, 0.25) is 0 Å². The van der Waals surface area contributed by atoms with E-state index in [0.29, 0.717) is 22.6 Å². The Morgan fingerprint density at radius 2 is 1.85 bits per heavy atom. The number of aryl methyl sites for hydroxylation is 1. The average molecular weight is 363 g/mol. The lowest BCUT2D eigenvalue weighted by Gasteiger charge is -2.13. The van der Waals surface area contributed by atoms with E-state index in [9.17, 15) is 24.9 Å². The Morgan fingerprint density at radius 3 is 2.56 bits per heavy atom. The first-order chi connectivity index (χ1) is 12.8. The zero-order chi connectivity index (χ0) is 19.6. The second-order valence-electron chi connectivity index (χ2n) is 5.76. The number of carbonyl (C=O) groups is 2. The summed E-state index contributed by atoms with van der Waals surface area (Å²) in [6, 6.07) is 11.9. The second kappa shape index (κ2) is 7.17. The predicted molar refractivity (Wildman–Crippen MR) is 93.3 cm³/mol. The van der Waals surface area contributed by atoms with Crippen LogP contribution < -0.4 is 10.2 Å². The van der Waals surface area contributed by atoms with Gasteiger partial charge in [0.25, 0.3) is 0 Å². The number of benzene rings is 2. The SMILES string of the molecule is Cc1ccc(-c2ccc(C=Nc3ccc([O-])c(C(=O)[O-])c3)o2)cc1C(=O)O. The third-order valence-electron chi connectivity index (χ3n) is 3.90. The van der Waals surface area contributed by atoms with Gasteiger partial charge in [0.1, 0.15) is 11.5 Å². The van der Waals surface area contributed by atoms with Gasteiger partial charge in [0, 0.05) is 5.56 Å². The molecular formula is C20H13NO6-2. The molecule has 0 amide bonds. The normalized spacial score (nSPS) is 11.0. The molecule has 27 heavy (non-hydrogen) atoms. The van der Waals surface area contributed by atoms with E-state index in [1.165, 1.54) is 18.3 Å². The molecule has 1 heterocycles. The van der Waals surface area contributed by atoms with Crippen molar-refractivity contribution in [1.29, 1.82) is 0 Å². The molecule has 0 aliphatic rings. The van der Waals surface area contributed by atoms with Crippen molar-refractivity contribution in [2.45, 2.75) is 6.92 Å². The van der Waals surface area contributed by atoms with Crippen molar-refractivity contribution in [1.82, 2.24) is 0 Å². The minimum absolute atomic E-state index is 0.187. The number of carboxylic acids is 2. The number of carbonyl (C=O) groups excluding carboxylic acids is 1. The quantitative estimate of drug-likeness (QED) is 0.692. The third kappa shape index (κ3) is 3.87. The molecule has 1 N–H and O–H groups in total. The molecule has 0 aliphatic heterocycles. The highest BCUT2D eigenvalue weighted by molar-refractivity contribution is 5.91. The minimum atomic E-state index is -1.56. The summed E-state index contributed by atoms with van der Waals surface area (Å²) < 4.78 is 5.63. The van der Waals surface area contributed by atoms with E-state index < -0.39 is 23.3 Å². The fourth-order valence-electron chi connectivity index (χ4n) is 2.48. The van der Waals surface area contributed by atoms with E-state index in [1.54, 1.807) is 31.2 Å². The Balaban J connectivity index is 1.86. The highest BCUT2D eigenvalue weighted by atomic mass is 16.4. The molecule has 0 radical (unpaired) electrons. The molecule has 0 unspecified atom stereocenters. The van der Waals surface area contributed by atoms with E-state index in [2.05, 4.69) is 4.99 Å². The van der Waals surface area contributed by atoms with Gasteiger partial charge in [0.15, 0.2) is 0 Å². The maximum Gasteiger partial charge on any atom is 0.335 e. The molecule has 0 saturated carbocycles. The number of aromatic carboxylic acids is 2. The molecule has 7 heteroatoms. The Kier molecular flexibility index (Phi) is 4.76. The second-order valence-corrected chi connectivity index (χ2v) is 5.76. The van der Waals surface area contributed by atoms with Crippen LogP contribution in [0.15, 0.2) is 57.9 Å². The number of rotatable bonds is 5. The summed E-state index contributed by atoms with van der Waals surface area (Å²) in [5.41, 5.74) is 1.23. The fourth-order valence-corrected chi connectivity index (χ4v) is 2.48. The summed E-state index contributed by atoms with van der Waals surface area (Å²) >= 11 is 0. The molecule has 0 spiro atoms. The molecule has 3 aromatic rings. The summed E-state index contributed by atoms with van der Waals surface area (Å²) in [5.74, 6) is -2.39. The minimum Gasteiger partial charge on any atom is -0.872 e. The number of nitrogens with zero attached hydrogens (tertiary/aromatic N) is 1. The Bertz CT molecular complexity index is 1060. The summed E-state index contributed by atoms with van der Waals surface area (Å²) in [7, 11) is 0. The Morgan fingerprint density at radius 1 is 1.07 bits per heavy atom. The van der Waals surface area contributed by atoms with Crippen molar-refractivity contribution < 1.29 is 29.3 Å². The molecule has 0 bridgehead atoms. The van der Waals surface area contributed by atoms with Gasteiger partial charge >= 0.3 is 5.97 Å². The van der Waals surface area contributed by atoms with Gasteiger partial charge in [-0.15, -0.1) is 0 Å². The van der Waals surface area contributed by atoms with Gasteiger partial charge < -0.3 is 24.5 Å². The predicted octanol–water partition coefficient (Wildman–Crippen LogP) is 2.14. The molecule has 0 fully saturated rings. The standard InChI is InChI=1S/C20H15NO6/c1-11-2-3-12(8-15(11)19(23)24)18-7-5-14(27-18)10-21-13-4-6-17(22)16(9-13)20(25)26/h2-10,22H,1H3,(H,23,24)(H,25,26)/p-2. The van der Waals surface area contributed by atoms with Crippen molar-refractivity contribution in [2.75, 3.05) is 0 Å². The van der Waals surface area contributed by atoms with E-state index >= 15 is 0 Å². The van der Waals surface area contributed by atoms with Crippen LogP contribution in [0.25, 0.3) is 11.3 Å². The van der Waals surface area contributed by atoms with Crippen molar-refractivity contribution in [3.05, 3.63) is 71.0 Å². The first kappa shape index (κ1) is 17.9. The summed E-state index contributed by atoms with van der Waals surface area (Å²) in [4.78, 5) is 26.2. The van der Waals surface area contributed by atoms with Gasteiger partial charge in [-0.3, -0.25) is 4.99 Å². The zero-order valence-corrected chi connectivity index (χ0v) is 14.1. The maximum atomic E-state index is 11.4. The number of carboxylic acid groups (broad SMARTS) is 2. The van der Waals surface area contributed by atoms with Gasteiger partial charge in [-0.25, -0.2) is 4.79 Å². The van der Waals surface area contributed by atoms with Crippen LogP contribution in [-0.2, 0) is 0 Å². The first-order valence-electron chi connectivity index (χ1n) is 7.86. The van der Waals surface area contributed by atoms with Crippen LogP contribution in [0.3, 0.4) is 0 Å². The van der Waals surface area contributed by atoms with Crippen LogP contribution in [0.5, 0.6) is 5.75 Å². The molecular weight excluding hydrogens is 350 g/mol. The maximum absolute atomic E-state index is 11.4. The fraction of sp³-hybridized carbons (Fsp3) is 0.0500. The van der Waals surface area contributed by atoms with Crippen molar-refractivity contribution >= 4 is 23.8 Å². The Labute approximate surface area is 153 Å². The third-order valence-corrected chi connectivity index (χ3v) is 3.90. The van der Waals surface area contributed by atoms with Crippen LogP contribution in [0.1, 0.15) is 32.0 Å². The smallest absolute Gasteiger partial charge is 0.335 e. The topological polar surface area (TPSA) is 126 Å². The molecule has 7 nitrogen and oxygen atoms in total. The summed E-state index contributed by atoms with van der Waals surface area (Å²) in [6.45, 7) is 1.71. The van der Waals surface area contributed by atoms with E-state index in [4.69, 9.17) is 4.42 Å². The lowest BCUT2D eigenvalue weighted by molar-refractivity contribution is -0.276. The van der Waals surface area contributed by atoms with Crippen molar-refractivity contribution in [3.8, 4) is 17.1 Å². The highest BCUT2D eigenvalue weighted by Crippen LogP contribution is 2.25. The number of hydrogen-bond acceptors (Lipinski definition) is 6. The molecule has 0 atom stereocenters. The van der Waals surface area contributed by atoms with E-state index in [1.807, 2.05) is 0 Å². The molecule has 3 rings (SSSR count). The lowest BCUT2D eigenvalue weighted by Crippen LogP contribution is -2.23. The van der Waals surface area contributed by atoms with Crippen LogP contribution in [-0.4, -0.2) is 23.3 Å². The molecule has 2 aromatic carbocycles. The lowest BCUT2D eigenvalue weighted by atomic mass is 10.0. The summed E-state index contributed by atoms with van der Waals surface area (Å²) in [6.07, 6.45) is 1.37. The van der Waals surface area contributed by atoms with E-state index in [0.717, 1.165) is 12.1 Å². The molecule has 0 aliphatic carbocycles. The van der Waals surface area contributed by atoms with Crippen molar-refractivity contribution in [2.24, 2.45) is 4.99 Å². The van der Waals surface area contributed by atoms with Gasteiger partial charge in [-0.2, -0.15) is 0 Å². The largest absolute Gasteiger partial charge is 0.872 e. The van der Waals surface area contributed by atoms with Crippen molar-refractivity contribution in [3.63, 3.8) is 0 Å². The highest BCUT2D eigenvalue weighted by Gasteiger charge is 2.11. The number of aliphatic imine (C=N–C) groups is 1. The average Bonchev–Trinajstić information content (AvgIpc) is 3.10. The van der Waals surface area contributed by atoms with Crippen LogP contribution in [0.2, 0.25) is 0 Å². The van der Waals surface area contributed by atoms with Crippen LogP contribution in [0.4, 0.5) is 5.69 Å². The number of furan rings is 1. The van der Waals surface area contributed by atoms with Gasteiger partial charge in [0.05, 0.1) is 23.4 Å². The van der Waals surface area contributed by atoms with Crippen LogP contribution in [0, 0.1) is 6.92 Å².